The molecule has 0 saturated heterocycles. The Morgan fingerprint density at radius 1 is 1.38 bits per heavy atom. The van der Waals surface area contributed by atoms with Gasteiger partial charge in [-0.25, -0.2) is 0 Å². The quantitative estimate of drug-likeness (QED) is 0.720. The summed E-state index contributed by atoms with van der Waals surface area (Å²) in [7, 11) is 0. The summed E-state index contributed by atoms with van der Waals surface area (Å²) in [6, 6.07) is 0. The highest BCUT2D eigenvalue weighted by atomic mass is 16.5. The van der Waals surface area contributed by atoms with Crippen LogP contribution in [0.25, 0.3) is 0 Å². The zero-order valence-electron chi connectivity index (χ0n) is 8.21. The van der Waals surface area contributed by atoms with Crippen LogP contribution in [0.2, 0.25) is 0 Å². The van der Waals surface area contributed by atoms with Crippen molar-refractivity contribution in [2.75, 3.05) is 0 Å². The second kappa shape index (κ2) is 3.14. The fourth-order valence-corrected chi connectivity index (χ4v) is 2.15. The summed E-state index contributed by atoms with van der Waals surface area (Å²) in [4.78, 5) is 0. The molecular formula is C10H16N2O. The predicted octanol–water partition coefficient (Wildman–Crippen LogP) is 2.13. The van der Waals surface area contributed by atoms with Crippen LogP contribution in [0.1, 0.15) is 55.5 Å². The van der Waals surface area contributed by atoms with Gasteiger partial charge in [-0.15, -0.1) is 0 Å². The van der Waals surface area contributed by atoms with Gasteiger partial charge in [0.25, 0.3) is 0 Å². The summed E-state index contributed by atoms with van der Waals surface area (Å²) in [5.74, 6) is 2.15. The average Bonchev–Trinajstić information content (AvgIpc) is 2.56. The number of fused-ring (bicyclic) bond motifs is 1. The van der Waals surface area contributed by atoms with Gasteiger partial charge in [-0.2, -0.15) is 0 Å². The van der Waals surface area contributed by atoms with Gasteiger partial charge in [-0.05, 0) is 18.8 Å². The molecule has 0 aromatic carbocycles. The summed E-state index contributed by atoms with van der Waals surface area (Å²) in [5.41, 5.74) is 7.84. The van der Waals surface area contributed by atoms with Crippen LogP contribution in [-0.2, 0) is 6.54 Å². The first-order chi connectivity index (χ1) is 6.24. The third kappa shape index (κ3) is 1.27. The molecule has 0 bridgehead atoms. The maximum Gasteiger partial charge on any atom is 0.143 e. The molecule has 1 heterocycles. The van der Waals surface area contributed by atoms with Crippen molar-refractivity contribution in [2.24, 2.45) is 5.73 Å². The van der Waals surface area contributed by atoms with Crippen LogP contribution in [0.4, 0.5) is 0 Å². The van der Waals surface area contributed by atoms with E-state index in [9.17, 15) is 0 Å². The minimum atomic E-state index is 0.496. The molecule has 72 valence electrons. The van der Waals surface area contributed by atoms with Gasteiger partial charge < -0.3 is 10.3 Å². The van der Waals surface area contributed by atoms with Crippen LogP contribution in [0.3, 0.4) is 0 Å². The molecule has 13 heavy (non-hydrogen) atoms. The van der Waals surface area contributed by atoms with E-state index in [1.165, 1.54) is 18.4 Å². The first-order valence-electron chi connectivity index (χ1n) is 4.92. The Bertz CT molecular complexity index is 306. The highest BCUT2D eigenvalue weighted by Crippen LogP contribution is 2.39. The number of hydrogen-bond acceptors (Lipinski definition) is 3. The van der Waals surface area contributed by atoms with E-state index in [1.807, 2.05) is 0 Å². The maximum atomic E-state index is 5.60. The van der Waals surface area contributed by atoms with Crippen LogP contribution in [0, 0.1) is 0 Å². The lowest BCUT2D eigenvalue weighted by Gasteiger charge is -2.22. The van der Waals surface area contributed by atoms with Crippen LogP contribution < -0.4 is 5.73 Å². The molecule has 0 amide bonds. The molecule has 0 fully saturated rings. The topological polar surface area (TPSA) is 52.0 Å². The molecule has 1 aliphatic carbocycles. The van der Waals surface area contributed by atoms with Gasteiger partial charge in [0.05, 0.1) is 0 Å². The van der Waals surface area contributed by atoms with E-state index >= 15 is 0 Å². The van der Waals surface area contributed by atoms with Gasteiger partial charge in [0.15, 0.2) is 0 Å². The standard InChI is InChI=1S/C10H16N2O/c1-6-3-4-7(2)10-9(6)8(5-11)12-13-10/h6-7H,3-5,11H2,1-2H3. The van der Waals surface area contributed by atoms with Crippen LogP contribution in [-0.4, -0.2) is 5.16 Å². The van der Waals surface area contributed by atoms with Crippen molar-refractivity contribution in [1.82, 2.24) is 5.16 Å². The van der Waals surface area contributed by atoms with Crippen LogP contribution in [0.5, 0.6) is 0 Å². The van der Waals surface area contributed by atoms with E-state index in [0.29, 0.717) is 18.4 Å². The van der Waals surface area contributed by atoms with Crippen molar-refractivity contribution in [3.8, 4) is 0 Å². The van der Waals surface area contributed by atoms with E-state index in [2.05, 4.69) is 19.0 Å². The van der Waals surface area contributed by atoms with Crippen LogP contribution >= 0.6 is 0 Å². The lowest BCUT2D eigenvalue weighted by atomic mass is 9.82. The number of hydrogen-bond donors (Lipinski definition) is 1. The molecule has 2 N–H and O–H groups in total. The normalized spacial score (nSPS) is 27.3. The zero-order valence-corrected chi connectivity index (χ0v) is 8.21. The molecule has 2 atom stereocenters. The van der Waals surface area contributed by atoms with E-state index in [4.69, 9.17) is 10.3 Å². The summed E-state index contributed by atoms with van der Waals surface area (Å²) in [6.07, 6.45) is 2.43. The Kier molecular flexibility index (Phi) is 2.12. The van der Waals surface area contributed by atoms with Crippen molar-refractivity contribution >= 4 is 0 Å². The Labute approximate surface area is 78.3 Å². The largest absolute Gasteiger partial charge is 0.361 e. The molecule has 0 aliphatic heterocycles. The van der Waals surface area contributed by atoms with E-state index in [0.717, 1.165) is 11.5 Å². The Balaban J connectivity index is 2.47. The molecule has 2 rings (SSSR count). The molecule has 1 aromatic heterocycles. The van der Waals surface area contributed by atoms with Gasteiger partial charge in [-0.3, -0.25) is 0 Å². The second-order valence-electron chi connectivity index (χ2n) is 3.99. The van der Waals surface area contributed by atoms with E-state index in [1.54, 1.807) is 0 Å². The maximum absolute atomic E-state index is 5.60. The van der Waals surface area contributed by atoms with E-state index < -0.39 is 0 Å². The zero-order chi connectivity index (χ0) is 9.42. The Morgan fingerprint density at radius 2 is 2.08 bits per heavy atom. The lowest BCUT2D eigenvalue weighted by Crippen LogP contribution is -2.11. The molecule has 1 aliphatic rings. The highest BCUT2D eigenvalue weighted by molar-refractivity contribution is 5.31. The summed E-state index contributed by atoms with van der Waals surface area (Å²) < 4.78 is 5.33. The molecule has 3 heteroatoms. The molecular weight excluding hydrogens is 164 g/mol. The first kappa shape index (κ1) is 8.75. The minimum absolute atomic E-state index is 0.496. The second-order valence-corrected chi connectivity index (χ2v) is 3.99. The molecule has 0 radical (unpaired) electrons. The third-order valence-corrected chi connectivity index (χ3v) is 3.00. The first-order valence-corrected chi connectivity index (χ1v) is 4.92. The number of aromatic nitrogens is 1. The predicted molar refractivity (Wildman–Crippen MR) is 50.5 cm³/mol. The highest BCUT2D eigenvalue weighted by Gasteiger charge is 2.28. The molecule has 0 spiro atoms. The van der Waals surface area contributed by atoms with Gasteiger partial charge in [0, 0.05) is 18.0 Å². The van der Waals surface area contributed by atoms with Crippen molar-refractivity contribution in [3.63, 3.8) is 0 Å². The van der Waals surface area contributed by atoms with Crippen molar-refractivity contribution in [2.45, 2.75) is 45.1 Å². The van der Waals surface area contributed by atoms with Gasteiger partial charge >= 0.3 is 0 Å². The average molecular weight is 180 g/mol. The van der Waals surface area contributed by atoms with Gasteiger partial charge in [0.2, 0.25) is 0 Å². The molecule has 1 aromatic rings. The number of nitrogens with zero attached hydrogens (tertiary/aromatic N) is 1. The van der Waals surface area contributed by atoms with Crippen molar-refractivity contribution < 1.29 is 4.52 Å². The minimum Gasteiger partial charge on any atom is -0.361 e. The van der Waals surface area contributed by atoms with Gasteiger partial charge in [0.1, 0.15) is 11.5 Å². The fourth-order valence-electron chi connectivity index (χ4n) is 2.15. The molecule has 3 nitrogen and oxygen atoms in total. The van der Waals surface area contributed by atoms with Crippen molar-refractivity contribution in [3.05, 3.63) is 17.0 Å². The Morgan fingerprint density at radius 3 is 2.77 bits per heavy atom. The summed E-state index contributed by atoms with van der Waals surface area (Å²) in [5, 5.41) is 4.02. The molecule has 0 saturated carbocycles. The van der Waals surface area contributed by atoms with Gasteiger partial charge in [-0.1, -0.05) is 19.0 Å². The van der Waals surface area contributed by atoms with Crippen molar-refractivity contribution in [1.29, 1.82) is 0 Å². The third-order valence-electron chi connectivity index (χ3n) is 3.00. The lowest BCUT2D eigenvalue weighted by molar-refractivity contribution is 0.339. The fraction of sp³-hybridized carbons (Fsp3) is 0.700. The molecule has 2 unspecified atom stereocenters. The van der Waals surface area contributed by atoms with E-state index in [-0.39, 0.29) is 0 Å². The monoisotopic (exact) mass is 180 g/mol. The van der Waals surface area contributed by atoms with Crippen LogP contribution in [0.15, 0.2) is 4.52 Å². The summed E-state index contributed by atoms with van der Waals surface area (Å²) >= 11 is 0. The smallest absolute Gasteiger partial charge is 0.143 e. The Hall–Kier alpha value is -0.830. The summed E-state index contributed by atoms with van der Waals surface area (Å²) in [6.45, 7) is 4.91. The number of nitrogens with two attached hydrogens (primary N) is 1. The SMILES string of the molecule is CC1CCC(C)c2c(CN)noc21. The number of rotatable bonds is 1.